The van der Waals surface area contributed by atoms with Crippen molar-refractivity contribution in [2.45, 2.75) is 56.9 Å². The summed E-state index contributed by atoms with van der Waals surface area (Å²) < 4.78 is 13.0. The van der Waals surface area contributed by atoms with Gasteiger partial charge in [-0.2, -0.15) is 0 Å². The van der Waals surface area contributed by atoms with E-state index in [9.17, 15) is 24.0 Å². The topological polar surface area (TPSA) is 213 Å². The van der Waals surface area contributed by atoms with Gasteiger partial charge in [-0.25, -0.2) is 24.2 Å². The van der Waals surface area contributed by atoms with Crippen molar-refractivity contribution in [3.8, 4) is 11.5 Å². The normalized spacial score (nSPS) is 16.3. The highest BCUT2D eigenvalue weighted by atomic mass is 32.2. The molecule has 0 saturated carbocycles. The van der Waals surface area contributed by atoms with Gasteiger partial charge in [0.1, 0.15) is 29.8 Å². The Morgan fingerprint density at radius 2 is 1.78 bits per heavy atom. The zero-order valence-electron chi connectivity index (χ0n) is 35.7. The van der Waals surface area contributed by atoms with Crippen LogP contribution in [0, 0.1) is 6.92 Å². The van der Waals surface area contributed by atoms with Gasteiger partial charge < -0.3 is 39.4 Å². The number of thiazole rings is 1. The second-order valence-corrected chi connectivity index (χ2v) is 17.2. The van der Waals surface area contributed by atoms with Crippen molar-refractivity contribution < 1.29 is 28.7 Å². The first-order valence-corrected chi connectivity index (χ1v) is 22.2. The summed E-state index contributed by atoms with van der Waals surface area (Å²) >= 11 is 2.46. The summed E-state index contributed by atoms with van der Waals surface area (Å²) in [7, 11) is 5.30. The van der Waals surface area contributed by atoms with Crippen molar-refractivity contribution in [2.75, 3.05) is 70.4 Å². The van der Waals surface area contributed by atoms with E-state index in [0.717, 1.165) is 29.8 Å². The summed E-state index contributed by atoms with van der Waals surface area (Å²) in [4.78, 5) is 83.4. The Morgan fingerprint density at radius 3 is 2.54 bits per heavy atom. The second-order valence-electron chi connectivity index (χ2n) is 15.4. The molecule has 0 radical (unpaired) electrons. The average molecular weight is 899 g/mol. The van der Waals surface area contributed by atoms with E-state index in [0.29, 0.717) is 64.8 Å². The van der Waals surface area contributed by atoms with Crippen molar-refractivity contribution in [1.82, 2.24) is 49.5 Å². The lowest BCUT2D eigenvalue weighted by Gasteiger charge is -2.42. The first-order chi connectivity index (χ1) is 30.3. The number of hydrogen-bond donors (Lipinski definition) is 3. The number of methoxy groups -OCH3 is 1. The van der Waals surface area contributed by atoms with Gasteiger partial charge in [0, 0.05) is 56.9 Å². The van der Waals surface area contributed by atoms with Gasteiger partial charge >= 0.3 is 11.7 Å². The lowest BCUT2D eigenvalue weighted by molar-refractivity contribution is -0.147. The number of ether oxygens (including phenoxy) is 2. The summed E-state index contributed by atoms with van der Waals surface area (Å²) in [6.45, 7) is 7.62. The van der Waals surface area contributed by atoms with Gasteiger partial charge in [-0.1, -0.05) is 23.0 Å². The highest BCUT2D eigenvalue weighted by Crippen LogP contribution is 2.36. The molecular formula is C42H50N12O7S2. The molecule has 5 amide bonds. The van der Waals surface area contributed by atoms with Crippen molar-refractivity contribution in [1.29, 1.82) is 0 Å². The molecule has 0 spiro atoms. The number of hydrogen-bond acceptors (Lipinski definition) is 14. The van der Waals surface area contributed by atoms with Crippen LogP contribution < -0.4 is 25.8 Å². The third-order valence-electron chi connectivity index (χ3n) is 10.9. The van der Waals surface area contributed by atoms with Crippen molar-refractivity contribution >= 4 is 57.7 Å². The van der Waals surface area contributed by atoms with Gasteiger partial charge in [0.15, 0.2) is 5.13 Å². The molecule has 3 N–H and O–H groups in total. The third-order valence-corrected chi connectivity index (χ3v) is 12.8. The summed E-state index contributed by atoms with van der Waals surface area (Å²) in [5.74, 6) is 0.798. The Bertz CT molecular complexity index is 2480. The zero-order chi connectivity index (χ0) is 44.6. The molecule has 19 nitrogen and oxygen atoms in total. The summed E-state index contributed by atoms with van der Waals surface area (Å²) in [5, 5.41) is 16.7. The molecule has 0 bridgehead atoms. The molecule has 2 aliphatic heterocycles. The summed E-state index contributed by atoms with van der Waals surface area (Å²) in [6.07, 6.45) is 3.70. The van der Waals surface area contributed by atoms with Crippen LogP contribution in [0.3, 0.4) is 0 Å². The van der Waals surface area contributed by atoms with Crippen molar-refractivity contribution in [3.05, 3.63) is 98.8 Å². The van der Waals surface area contributed by atoms with Gasteiger partial charge in [-0.15, -0.1) is 16.4 Å². The SMILES string of the molecule is COc1ccc2c(c1)C[C@@H](C(=O)N(C)Cc1cn(CCOc3ccc(NC(=O)Nc4nc(CC(=O)N5CCN(C)CC5)cs4)cc3)nn1)N(C(=O)CSc1[nH]c(=O)ncc1C)[C@H]2C. The Balaban J connectivity index is 0.885. The van der Waals surface area contributed by atoms with Crippen LogP contribution in [0.1, 0.15) is 41.0 Å². The number of carbonyl (C=O) groups is 4. The molecule has 1 saturated heterocycles. The fraction of sp³-hybridized carbons (Fsp3) is 0.405. The molecule has 21 heteroatoms. The van der Waals surface area contributed by atoms with Crippen LogP contribution in [0.5, 0.6) is 11.5 Å². The highest BCUT2D eigenvalue weighted by Gasteiger charge is 2.40. The number of rotatable bonds is 15. The number of thioether (sulfide) groups is 1. The van der Waals surface area contributed by atoms with Gasteiger partial charge in [-0.05, 0) is 74.0 Å². The van der Waals surface area contributed by atoms with E-state index in [1.165, 1.54) is 29.3 Å². The standard InChI is InChI=1S/C42H50N12O7S2/c1-26-21-43-40(58)46-38(26)62-25-37(56)54-27(2)34-11-10-33(60-5)18-28(34)19-35(54)39(57)51(4)22-31-23-53(49-48-31)16-17-61-32-8-6-29(7-9-32)44-41(59)47-42-45-30(24-63-42)20-36(55)52-14-12-50(3)13-15-52/h6-11,18,21,23-24,27,35H,12-17,19-20,22,25H2,1-5H3,(H,43,46,58)(H2,44,45,47,59)/t27-,35-/m0/s1. The lowest BCUT2D eigenvalue weighted by atomic mass is 9.88. The molecule has 63 heavy (non-hydrogen) atoms. The molecule has 0 unspecified atom stereocenters. The number of aromatic nitrogens is 6. The van der Waals surface area contributed by atoms with E-state index >= 15 is 0 Å². The van der Waals surface area contributed by atoms with E-state index in [1.54, 1.807) is 71.4 Å². The van der Waals surface area contributed by atoms with Gasteiger partial charge in [0.25, 0.3) is 0 Å². The van der Waals surface area contributed by atoms with Crippen molar-refractivity contribution in [3.63, 3.8) is 0 Å². The highest BCUT2D eigenvalue weighted by molar-refractivity contribution is 7.99. The van der Waals surface area contributed by atoms with Crippen LogP contribution in [0.15, 0.2) is 70.1 Å². The molecule has 2 aliphatic rings. The maximum absolute atomic E-state index is 14.2. The maximum Gasteiger partial charge on any atom is 0.345 e. The van der Waals surface area contributed by atoms with E-state index in [2.05, 4.69) is 40.8 Å². The van der Waals surface area contributed by atoms with Crippen molar-refractivity contribution in [2.24, 2.45) is 0 Å². The molecule has 5 heterocycles. The minimum absolute atomic E-state index is 0.0108. The minimum Gasteiger partial charge on any atom is -0.497 e. The monoisotopic (exact) mass is 898 g/mol. The number of H-pyrrole nitrogens is 1. The van der Waals surface area contributed by atoms with Crippen LogP contribution in [-0.2, 0) is 40.3 Å². The first-order valence-electron chi connectivity index (χ1n) is 20.4. The number of urea groups is 1. The van der Waals surface area contributed by atoms with Crippen LogP contribution in [0.25, 0.3) is 0 Å². The Hall–Kier alpha value is -6.32. The van der Waals surface area contributed by atoms with E-state index in [4.69, 9.17) is 9.47 Å². The number of nitrogens with zero attached hydrogens (tertiary/aromatic N) is 9. The number of nitrogens with one attached hydrogen (secondary N) is 3. The molecule has 5 aromatic rings. The average Bonchev–Trinajstić information content (AvgIpc) is 3.92. The lowest BCUT2D eigenvalue weighted by Crippen LogP contribution is -2.54. The molecular weight excluding hydrogens is 849 g/mol. The summed E-state index contributed by atoms with van der Waals surface area (Å²) in [6, 6.07) is 10.9. The van der Waals surface area contributed by atoms with Crippen LogP contribution in [0.4, 0.5) is 15.6 Å². The van der Waals surface area contributed by atoms with Gasteiger partial charge in [0.2, 0.25) is 17.7 Å². The van der Waals surface area contributed by atoms with E-state index in [-0.39, 0.29) is 43.0 Å². The minimum atomic E-state index is -0.795. The number of benzene rings is 2. The number of fused-ring (bicyclic) bond motifs is 1. The maximum atomic E-state index is 14.2. The number of likely N-dealkylation sites (N-methyl/N-ethyl adjacent to an activating group) is 2. The number of amides is 5. The van der Waals surface area contributed by atoms with Crippen LogP contribution in [-0.4, -0.2) is 139 Å². The summed E-state index contributed by atoms with van der Waals surface area (Å²) in [5.41, 5.74) is 3.84. The second kappa shape index (κ2) is 20.2. The van der Waals surface area contributed by atoms with Gasteiger partial charge in [0.05, 0.1) is 55.3 Å². The fourth-order valence-electron chi connectivity index (χ4n) is 7.43. The quantitative estimate of drug-likeness (QED) is 0.102. The smallest absolute Gasteiger partial charge is 0.345 e. The van der Waals surface area contributed by atoms with Gasteiger partial charge in [-0.3, -0.25) is 19.7 Å². The predicted molar refractivity (Wildman–Crippen MR) is 237 cm³/mol. The molecule has 0 aliphatic carbocycles. The Labute approximate surface area is 372 Å². The molecule has 1 fully saturated rings. The third kappa shape index (κ3) is 11.4. The molecule has 2 atom stereocenters. The van der Waals surface area contributed by atoms with E-state index in [1.807, 2.05) is 37.1 Å². The Morgan fingerprint density at radius 1 is 1.02 bits per heavy atom. The molecule has 332 valence electrons. The predicted octanol–water partition coefficient (Wildman–Crippen LogP) is 3.44. The number of aryl methyl sites for hydroxylation is 1. The first kappa shape index (κ1) is 44.7. The molecule has 2 aromatic carbocycles. The zero-order valence-corrected chi connectivity index (χ0v) is 37.3. The van der Waals surface area contributed by atoms with Crippen LogP contribution in [0.2, 0.25) is 0 Å². The van der Waals surface area contributed by atoms with E-state index < -0.39 is 23.8 Å². The Kier molecular flexibility index (Phi) is 14.4. The number of piperazine rings is 1. The largest absolute Gasteiger partial charge is 0.497 e. The number of carbonyl (C=O) groups excluding carboxylic acids is 4. The number of aromatic amines is 1. The van der Waals surface area contributed by atoms with Crippen LogP contribution >= 0.6 is 23.1 Å². The number of anilines is 2. The fourth-order valence-corrected chi connectivity index (χ4v) is 8.99. The molecule has 3 aromatic heterocycles. The molecule has 7 rings (SSSR count).